The van der Waals surface area contributed by atoms with Crippen molar-refractivity contribution in [3.05, 3.63) is 101 Å². The van der Waals surface area contributed by atoms with Crippen LogP contribution in [-0.4, -0.2) is 40.5 Å². The van der Waals surface area contributed by atoms with Crippen LogP contribution in [0, 0.1) is 0 Å². The summed E-state index contributed by atoms with van der Waals surface area (Å²) in [5.41, 5.74) is 4.17. The fourth-order valence-electron chi connectivity index (χ4n) is 4.48. The quantitative estimate of drug-likeness (QED) is 0.467. The summed E-state index contributed by atoms with van der Waals surface area (Å²) in [5, 5.41) is 0.566. The van der Waals surface area contributed by atoms with Crippen molar-refractivity contribution in [3.63, 3.8) is 0 Å². The zero-order valence-corrected chi connectivity index (χ0v) is 18.6. The van der Waals surface area contributed by atoms with Gasteiger partial charge in [0.25, 0.3) is 11.5 Å². The first kappa shape index (κ1) is 20.9. The van der Waals surface area contributed by atoms with E-state index in [0.29, 0.717) is 28.7 Å². The van der Waals surface area contributed by atoms with Crippen molar-refractivity contribution in [3.8, 4) is 5.69 Å². The molecule has 0 radical (unpaired) electrons. The predicted octanol–water partition coefficient (Wildman–Crippen LogP) is 4.26. The van der Waals surface area contributed by atoms with Gasteiger partial charge in [-0.1, -0.05) is 30.3 Å². The van der Waals surface area contributed by atoms with Crippen LogP contribution < -0.4 is 10.5 Å². The molecule has 0 bridgehead atoms. The SMILES string of the molecule is CN(Cc1ccccc1N1CCCC1)C(=O)c1ccc(-n2cnc3ccccc3c2=O)cc1. The maximum absolute atomic E-state index is 13.1. The predicted molar refractivity (Wildman–Crippen MR) is 131 cm³/mol. The lowest BCUT2D eigenvalue weighted by Crippen LogP contribution is -2.28. The molecule has 3 aromatic carbocycles. The van der Waals surface area contributed by atoms with Crippen molar-refractivity contribution < 1.29 is 4.79 Å². The monoisotopic (exact) mass is 438 g/mol. The fourth-order valence-corrected chi connectivity index (χ4v) is 4.48. The third-order valence-electron chi connectivity index (χ3n) is 6.25. The molecule has 1 fully saturated rings. The summed E-state index contributed by atoms with van der Waals surface area (Å²) in [6.07, 6.45) is 3.96. The molecule has 1 aromatic heterocycles. The summed E-state index contributed by atoms with van der Waals surface area (Å²) in [4.78, 5) is 34.5. The van der Waals surface area contributed by atoms with Crippen LogP contribution in [0.15, 0.2) is 83.9 Å². The van der Waals surface area contributed by atoms with Crippen molar-refractivity contribution in [2.45, 2.75) is 19.4 Å². The zero-order chi connectivity index (χ0) is 22.8. The number of anilines is 1. The van der Waals surface area contributed by atoms with E-state index in [1.165, 1.54) is 29.4 Å². The minimum atomic E-state index is -0.129. The molecule has 5 rings (SSSR count). The van der Waals surface area contributed by atoms with E-state index in [4.69, 9.17) is 0 Å². The van der Waals surface area contributed by atoms with Crippen LogP contribution in [0.3, 0.4) is 0 Å². The number of para-hydroxylation sites is 2. The van der Waals surface area contributed by atoms with E-state index in [1.54, 1.807) is 35.2 Å². The standard InChI is InChI=1S/C27H26N4O2/c1-29(18-21-8-2-5-11-25(21)30-16-6-7-17-30)26(32)20-12-14-22(15-13-20)31-19-28-24-10-4-3-9-23(24)27(31)33/h2-5,8-15,19H,6-7,16-18H2,1H3. The van der Waals surface area contributed by atoms with Gasteiger partial charge < -0.3 is 9.80 Å². The highest BCUT2D eigenvalue weighted by Crippen LogP contribution is 2.25. The molecule has 166 valence electrons. The van der Waals surface area contributed by atoms with Crippen LogP contribution in [0.2, 0.25) is 0 Å². The molecule has 0 spiro atoms. The van der Waals surface area contributed by atoms with E-state index >= 15 is 0 Å². The van der Waals surface area contributed by atoms with Crippen molar-refractivity contribution >= 4 is 22.5 Å². The highest BCUT2D eigenvalue weighted by molar-refractivity contribution is 5.94. The number of carbonyl (C=O) groups excluding carboxylic acids is 1. The maximum atomic E-state index is 13.1. The van der Waals surface area contributed by atoms with Gasteiger partial charge in [0.15, 0.2) is 0 Å². The molecule has 0 aliphatic carbocycles. The molecular weight excluding hydrogens is 412 g/mol. The minimum Gasteiger partial charge on any atom is -0.371 e. The maximum Gasteiger partial charge on any atom is 0.265 e. The first-order chi connectivity index (χ1) is 16.1. The smallest absolute Gasteiger partial charge is 0.265 e. The van der Waals surface area contributed by atoms with Crippen LogP contribution in [-0.2, 0) is 6.54 Å². The molecule has 0 unspecified atom stereocenters. The van der Waals surface area contributed by atoms with Gasteiger partial charge in [0.1, 0.15) is 6.33 Å². The Morgan fingerprint density at radius 1 is 0.939 bits per heavy atom. The molecule has 1 amide bonds. The molecule has 0 N–H and O–H groups in total. The number of hydrogen-bond acceptors (Lipinski definition) is 4. The Morgan fingerprint density at radius 2 is 1.64 bits per heavy atom. The third-order valence-corrected chi connectivity index (χ3v) is 6.25. The van der Waals surface area contributed by atoms with Crippen molar-refractivity contribution in [2.24, 2.45) is 0 Å². The van der Waals surface area contributed by atoms with Gasteiger partial charge in [-0.05, 0) is 60.9 Å². The van der Waals surface area contributed by atoms with Crippen LogP contribution in [0.4, 0.5) is 5.69 Å². The summed E-state index contributed by atoms with van der Waals surface area (Å²) in [6, 6.07) is 22.7. The molecule has 0 atom stereocenters. The number of fused-ring (bicyclic) bond motifs is 1. The number of hydrogen-bond donors (Lipinski definition) is 0. The fraction of sp³-hybridized carbons (Fsp3) is 0.222. The average Bonchev–Trinajstić information content (AvgIpc) is 3.39. The number of nitrogens with zero attached hydrogens (tertiary/aromatic N) is 4. The van der Waals surface area contributed by atoms with Gasteiger partial charge in [-0.15, -0.1) is 0 Å². The van der Waals surface area contributed by atoms with E-state index in [2.05, 4.69) is 28.1 Å². The Hall–Kier alpha value is -3.93. The van der Waals surface area contributed by atoms with Crippen LogP contribution in [0.25, 0.3) is 16.6 Å². The average molecular weight is 439 g/mol. The van der Waals surface area contributed by atoms with E-state index in [-0.39, 0.29) is 11.5 Å². The summed E-state index contributed by atoms with van der Waals surface area (Å²) in [7, 11) is 1.83. The van der Waals surface area contributed by atoms with Crippen molar-refractivity contribution in [2.75, 3.05) is 25.0 Å². The van der Waals surface area contributed by atoms with Gasteiger partial charge in [0.05, 0.1) is 16.6 Å². The largest absolute Gasteiger partial charge is 0.371 e. The van der Waals surface area contributed by atoms with Crippen LogP contribution >= 0.6 is 0 Å². The molecule has 1 saturated heterocycles. The Kier molecular flexibility index (Phi) is 5.65. The molecule has 1 aliphatic heterocycles. The van der Waals surface area contributed by atoms with Crippen LogP contribution in [0.5, 0.6) is 0 Å². The molecule has 33 heavy (non-hydrogen) atoms. The first-order valence-corrected chi connectivity index (χ1v) is 11.3. The minimum absolute atomic E-state index is 0.0539. The van der Waals surface area contributed by atoms with E-state index < -0.39 is 0 Å². The molecule has 1 aliphatic rings. The van der Waals surface area contributed by atoms with E-state index in [0.717, 1.165) is 18.7 Å². The summed E-state index contributed by atoms with van der Waals surface area (Å²) >= 11 is 0. The topological polar surface area (TPSA) is 58.4 Å². The normalized spacial score (nSPS) is 13.4. The first-order valence-electron chi connectivity index (χ1n) is 11.3. The molecule has 0 saturated carbocycles. The Balaban J connectivity index is 1.35. The second-order valence-corrected chi connectivity index (χ2v) is 8.47. The van der Waals surface area contributed by atoms with Gasteiger partial charge >= 0.3 is 0 Å². The van der Waals surface area contributed by atoms with E-state index in [9.17, 15) is 9.59 Å². The Labute approximate surface area is 192 Å². The van der Waals surface area contributed by atoms with Gasteiger partial charge in [0.2, 0.25) is 0 Å². The number of carbonyl (C=O) groups is 1. The molecular formula is C27H26N4O2. The number of rotatable bonds is 5. The lowest BCUT2D eigenvalue weighted by Gasteiger charge is -2.24. The van der Waals surface area contributed by atoms with Crippen molar-refractivity contribution in [1.29, 1.82) is 0 Å². The summed E-state index contributed by atoms with van der Waals surface area (Å²) < 4.78 is 1.51. The van der Waals surface area contributed by atoms with Gasteiger partial charge in [-0.25, -0.2) is 4.98 Å². The van der Waals surface area contributed by atoms with E-state index in [1.807, 2.05) is 31.3 Å². The second-order valence-electron chi connectivity index (χ2n) is 8.47. The Bertz CT molecular complexity index is 1350. The highest BCUT2D eigenvalue weighted by Gasteiger charge is 2.18. The van der Waals surface area contributed by atoms with Crippen molar-refractivity contribution in [1.82, 2.24) is 14.5 Å². The summed E-state index contributed by atoms with van der Waals surface area (Å²) in [5.74, 6) is -0.0539. The molecule has 4 aromatic rings. The van der Waals surface area contributed by atoms with Gasteiger partial charge in [0, 0.05) is 37.9 Å². The lowest BCUT2D eigenvalue weighted by atomic mass is 10.1. The number of benzene rings is 3. The van der Waals surface area contributed by atoms with Gasteiger partial charge in [-0.2, -0.15) is 0 Å². The number of amides is 1. The van der Waals surface area contributed by atoms with Gasteiger partial charge in [-0.3, -0.25) is 14.2 Å². The zero-order valence-electron chi connectivity index (χ0n) is 18.6. The lowest BCUT2D eigenvalue weighted by molar-refractivity contribution is 0.0785. The molecule has 6 heteroatoms. The molecule has 6 nitrogen and oxygen atoms in total. The second kappa shape index (κ2) is 8.90. The third kappa shape index (κ3) is 4.12. The van der Waals surface area contributed by atoms with Crippen LogP contribution in [0.1, 0.15) is 28.8 Å². The Morgan fingerprint density at radius 3 is 2.42 bits per heavy atom. The highest BCUT2D eigenvalue weighted by atomic mass is 16.2. The summed E-state index contributed by atoms with van der Waals surface area (Å²) in [6.45, 7) is 2.68. The molecule has 2 heterocycles. The number of aromatic nitrogens is 2.